The van der Waals surface area contributed by atoms with E-state index in [4.69, 9.17) is 4.52 Å². The van der Waals surface area contributed by atoms with Crippen LogP contribution in [0.1, 0.15) is 33.8 Å². The van der Waals surface area contributed by atoms with Gasteiger partial charge < -0.3 is 9.42 Å². The van der Waals surface area contributed by atoms with Crippen molar-refractivity contribution in [1.82, 2.24) is 10.1 Å². The topological polar surface area (TPSA) is 46.3 Å². The summed E-state index contributed by atoms with van der Waals surface area (Å²) in [6, 6.07) is 18.3. The number of nitrogens with zero attached hydrogens (tertiary/aromatic N) is 2. The summed E-state index contributed by atoms with van der Waals surface area (Å²) < 4.78 is 5.43. The van der Waals surface area contributed by atoms with Crippen LogP contribution >= 0.6 is 0 Å². The van der Waals surface area contributed by atoms with E-state index in [1.54, 1.807) is 6.20 Å². The first kappa shape index (κ1) is 15.6. The molecule has 1 aliphatic heterocycles. The van der Waals surface area contributed by atoms with Gasteiger partial charge in [-0.2, -0.15) is 0 Å². The lowest BCUT2D eigenvalue weighted by Gasteiger charge is -2.16. The minimum atomic E-state index is -0.00191. The van der Waals surface area contributed by atoms with Gasteiger partial charge in [0.05, 0.1) is 6.20 Å². The maximum atomic E-state index is 13.0. The number of carbonyl (C=O) groups excluding carboxylic acids is 1. The van der Waals surface area contributed by atoms with E-state index in [2.05, 4.69) is 29.4 Å². The van der Waals surface area contributed by atoms with Crippen LogP contribution in [0.15, 0.2) is 65.3 Å². The molecule has 4 heteroatoms. The molecule has 126 valence electrons. The number of hydrogen-bond donors (Lipinski definition) is 0. The Morgan fingerprint density at radius 1 is 1.12 bits per heavy atom. The van der Waals surface area contributed by atoms with Crippen molar-refractivity contribution in [2.45, 2.75) is 19.3 Å². The van der Waals surface area contributed by atoms with Crippen molar-refractivity contribution < 1.29 is 9.32 Å². The summed E-state index contributed by atoms with van der Waals surface area (Å²) in [6.45, 7) is 3.51. The lowest BCUT2D eigenvalue weighted by molar-refractivity contribution is 0.0791. The molecule has 2 aromatic carbocycles. The SMILES string of the molecule is Cc1ccccc1-c1oncc1C(=O)N1CCC(c2ccccc2)C1. The third-order valence-corrected chi connectivity index (χ3v) is 4.94. The molecule has 3 aromatic rings. The van der Waals surface area contributed by atoms with E-state index in [0.29, 0.717) is 17.2 Å². The Kier molecular flexibility index (Phi) is 4.10. The summed E-state index contributed by atoms with van der Waals surface area (Å²) in [4.78, 5) is 14.9. The zero-order chi connectivity index (χ0) is 17.2. The molecule has 1 unspecified atom stereocenters. The largest absolute Gasteiger partial charge is 0.355 e. The number of rotatable bonds is 3. The lowest BCUT2D eigenvalue weighted by atomic mass is 9.99. The Morgan fingerprint density at radius 2 is 1.88 bits per heavy atom. The van der Waals surface area contributed by atoms with Crippen molar-refractivity contribution in [3.63, 3.8) is 0 Å². The Labute approximate surface area is 147 Å². The zero-order valence-electron chi connectivity index (χ0n) is 14.2. The smallest absolute Gasteiger partial charge is 0.259 e. The van der Waals surface area contributed by atoms with Gasteiger partial charge >= 0.3 is 0 Å². The number of carbonyl (C=O) groups is 1. The summed E-state index contributed by atoms with van der Waals surface area (Å²) in [5.74, 6) is 0.955. The highest BCUT2D eigenvalue weighted by atomic mass is 16.5. The number of aryl methyl sites for hydroxylation is 1. The van der Waals surface area contributed by atoms with Gasteiger partial charge in [0, 0.05) is 24.6 Å². The summed E-state index contributed by atoms with van der Waals surface area (Å²) >= 11 is 0. The predicted octanol–water partition coefficient (Wildman–Crippen LogP) is 4.28. The van der Waals surface area contributed by atoms with Crippen molar-refractivity contribution in [2.24, 2.45) is 0 Å². The Morgan fingerprint density at radius 3 is 2.68 bits per heavy atom. The summed E-state index contributed by atoms with van der Waals surface area (Å²) in [5.41, 5.74) is 3.82. The highest BCUT2D eigenvalue weighted by molar-refractivity contribution is 5.99. The van der Waals surface area contributed by atoms with Crippen LogP contribution in [0.4, 0.5) is 0 Å². The van der Waals surface area contributed by atoms with Crippen molar-refractivity contribution in [3.05, 3.63) is 77.5 Å². The molecule has 0 saturated carbocycles. The molecule has 1 aromatic heterocycles. The molecule has 1 fully saturated rings. The molecule has 4 nitrogen and oxygen atoms in total. The van der Waals surface area contributed by atoms with Gasteiger partial charge in [0.15, 0.2) is 5.76 Å². The van der Waals surface area contributed by atoms with Crippen molar-refractivity contribution in [2.75, 3.05) is 13.1 Å². The predicted molar refractivity (Wildman–Crippen MR) is 96.4 cm³/mol. The molecule has 0 bridgehead atoms. The van der Waals surface area contributed by atoms with E-state index in [-0.39, 0.29) is 5.91 Å². The normalized spacial score (nSPS) is 17.0. The summed E-state index contributed by atoms with van der Waals surface area (Å²) in [7, 11) is 0. The van der Waals surface area contributed by atoms with Crippen molar-refractivity contribution in [3.8, 4) is 11.3 Å². The van der Waals surface area contributed by atoms with Crippen LogP contribution in [0.2, 0.25) is 0 Å². The molecule has 0 N–H and O–H groups in total. The lowest BCUT2D eigenvalue weighted by Crippen LogP contribution is -2.28. The van der Waals surface area contributed by atoms with Gasteiger partial charge in [0.25, 0.3) is 5.91 Å². The van der Waals surface area contributed by atoms with E-state index >= 15 is 0 Å². The molecule has 1 atom stereocenters. The highest BCUT2D eigenvalue weighted by Crippen LogP contribution is 2.31. The first-order chi connectivity index (χ1) is 12.2. The molecule has 2 heterocycles. The van der Waals surface area contributed by atoms with Crippen LogP contribution in [0.3, 0.4) is 0 Å². The molecular formula is C21H20N2O2. The quantitative estimate of drug-likeness (QED) is 0.719. The molecule has 0 radical (unpaired) electrons. The maximum absolute atomic E-state index is 13.0. The van der Waals surface area contributed by atoms with Gasteiger partial charge in [-0.25, -0.2) is 0 Å². The fourth-order valence-corrected chi connectivity index (χ4v) is 3.53. The number of benzene rings is 2. The van der Waals surface area contributed by atoms with E-state index in [0.717, 1.165) is 30.6 Å². The molecule has 4 rings (SSSR count). The minimum absolute atomic E-state index is 0.00191. The zero-order valence-corrected chi connectivity index (χ0v) is 14.2. The Hall–Kier alpha value is -2.88. The average molecular weight is 332 g/mol. The first-order valence-corrected chi connectivity index (χ1v) is 8.59. The number of hydrogen-bond acceptors (Lipinski definition) is 3. The summed E-state index contributed by atoms with van der Waals surface area (Å²) in [6.07, 6.45) is 2.53. The fraction of sp³-hybridized carbons (Fsp3) is 0.238. The fourth-order valence-electron chi connectivity index (χ4n) is 3.53. The molecule has 1 saturated heterocycles. The van der Waals surface area contributed by atoms with Gasteiger partial charge in [-0.15, -0.1) is 0 Å². The van der Waals surface area contributed by atoms with Gasteiger partial charge in [-0.3, -0.25) is 4.79 Å². The van der Waals surface area contributed by atoms with Crippen molar-refractivity contribution >= 4 is 5.91 Å². The second-order valence-electron chi connectivity index (χ2n) is 6.53. The number of likely N-dealkylation sites (tertiary alicyclic amines) is 1. The van der Waals surface area contributed by atoms with Gasteiger partial charge in [-0.1, -0.05) is 59.8 Å². The van der Waals surface area contributed by atoms with Gasteiger partial charge in [-0.05, 0) is 24.5 Å². The maximum Gasteiger partial charge on any atom is 0.259 e. The second kappa shape index (κ2) is 6.55. The van der Waals surface area contributed by atoms with Gasteiger partial charge in [0.1, 0.15) is 5.56 Å². The molecule has 0 spiro atoms. The standard InChI is InChI=1S/C21H20N2O2/c1-15-7-5-6-10-18(15)20-19(13-22-25-20)21(24)23-12-11-17(14-23)16-8-3-2-4-9-16/h2-10,13,17H,11-12,14H2,1H3. The Bertz CT molecular complexity index is 886. The third-order valence-electron chi connectivity index (χ3n) is 4.94. The van der Waals surface area contributed by atoms with Crippen molar-refractivity contribution in [1.29, 1.82) is 0 Å². The second-order valence-corrected chi connectivity index (χ2v) is 6.53. The van der Waals surface area contributed by atoms with Crippen LogP contribution in [-0.4, -0.2) is 29.1 Å². The van der Waals surface area contributed by atoms with Crippen LogP contribution in [0.5, 0.6) is 0 Å². The molecule has 1 amide bonds. The number of amides is 1. The van der Waals surface area contributed by atoms with Crippen LogP contribution in [0, 0.1) is 6.92 Å². The van der Waals surface area contributed by atoms with E-state index in [1.165, 1.54) is 5.56 Å². The first-order valence-electron chi connectivity index (χ1n) is 8.59. The number of aromatic nitrogens is 1. The van der Waals surface area contributed by atoms with E-state index in [9.17, 15) is 4.79 Å². The third kappa shape index (κ3) is 2.95. The minimum Gasteiger partial charge on any atom is -0.355 e. The van der Waals surface area contributed by atoms with E-state index in [1.807, 2.05) is 42.2 Å². The van der Waals surface area contributed by atoms with Crippen LogP contribution in [0.25, 0.3) is 11.3 Å². The van der Waals surface area contributed by atoms with E-state index < -0.39 is 0 Å². The molecule has 25 heavy (non-hydrogen) atoms. The molecular weight excluding hydrogens is 312 g/mol. The Balaban J connectivity index is 1.57. The molecule has 1 aliphatic rings. The average Bonchev–Trinajstić information content (AvgIpc) is 3.32. The van der Waals surface area contributed by atoms with Crippen LogP contribution < -0.4 is 0 Å². The monoisotopic (exact) mass is 332 g/mol. The molecule has 0 aliphatic carbocycles. The highest BCUT2D eigenvalue weighted by Gasteiger charge is 2.30. The van der Waals surface area contributed by atoms with Gasteiger partial charge in [0.2, 0.25) is 0 Å². The summed E-state index contributed by atoms with van der Waals surface area (Å²) in [5, 5.41) is 3.89. The van der Waals surface area contributed by atoms with Crippen LogP contribution in [-0.2, 0) is 0 Å².